The van der Waals surface area contributed by atoms with Gasteiger partial charge in [-0.1, -0.05) is 61.2 Å². The summed E-state index contributed by atoms with van der Waals surface area (Å²) < 4.78 is 31.8. The van der Waals surface area contributed by atoms with Crippen molar-refractivity contribution >= 4 is 27.5 Å². The average molecular weight is 544 g/mol. The Labute approximate surface area is 227 Å². The van der Waals surface area contributed by atoms with Crippen LogP contribution in [0.25, 0.3) is 0 Å². The van der Waals surface area contributed by atoms with Gasteiger partial charge in [0.1, 0.15) is 11.8 Å². The smallest absolute Gasteiger partial charge is 0.242 e. The molecule has 1 atom stereocenters. The van der Waals surface area contributed by atoms with Gasteiger partial charge < -0.3 is 15.0 Å². The largest absolute Gasteiger partial charge is 0.495 e. The van der Waals surface area contributed by atoms with Crippen LogP contribution in [0.15, 0.2) is 48.5 Å². The first kappa shape index (κ1) is 29.5. The number of sulfonamides is 1. The fraction of sp³-hybridized carbons (Fsp3) is 0.517. The number of para-hydroxylation sites is 2. The van der Waals surface area contributed by atoms with E-state index in [1.165, 1.54) is 17.8 Å². The van der Waals surface area contributed by atoms with Gasteiger partial charge >= 0.3 is 0 Å². The summed E-state index contributed by atoms with van der Waals surface area (Å²) in [6.45, 7) is 4.18. The van der Waals surface area contributed by atoms with Crippen molar-refractivity contribution in [1.82, 2.24) is 10.2 Å². The summed E-state index contributed by atoms with van der Waals surface area (Å²) in [5.74, 6) is 0.106. The summed E-state index contributed by atoms with van der Waals surface area (Å²) in [6.07, 6.45) is 6.88. The molecule has 208 valence electrons. The van der Waals surface area contributed by atoms with E-state index < -0.39 is 16.1 Å². The molecule has 0 heterocycles. The van der Waals surface area contributed by atoms with Crippen molar-refractivity contribution in [3.05, 3.63) is 59.7 Å². The summed E-state index contributed by atoms with van der Waals surface area (Å²) in [5.41, 5.74) is 2.46. The second-order valence-corrected chi connectivity index (χ2v) is 12.0. The molecule has 2 aromatic rings. The fourth-order valence-corrected chi connectivity index (χ4v) is 5.95. The number of nitrogens with one attached hydrogen (secondary N) is 1. The van der Waals surface area contributed by atoms with Crippen molar-refractivity contribution in [3.8, 4) is 5.75 Å². The third kappa shape index (κ3) is 8.21. The third-order valence-corrected chi connectivity index (χ3v) is 8.24. The van der Waals surface area contributed by atoms with Gasteiger partial charge in [0.05, 0.1) is 19.1 Å². The molecule has 0 unspecified atom stereocenters. The number of hydrogen-bond donors (Lipinski definition) is 1. The van der Waals surface area contributed by atoms with Gasteiger partial charge in [-0.25, -0.2) is 8.42 Å². The summed E-state index contributed by atoms with van der Waals surface area (Å²) in [5, 5.41) is 3.15. The van der Waals surface area contributed by atoms with Crippen LogP contribution in [0.1, 0.15) is 63.0 Å². The van der Waals surface area contributed by atoms with E-state index >= 15 is 0 Å². The highest BCUT2D eigenvalue weighted by atomic mass is 32.2. The number of ether oxygens (including phenoxy) is 1. The van der Waals surface area contributed by atoms with E-state index in [4.69, 9.17) is 4.74 Å². The van der Waals surface area contributed by atoms with Gasteiger partial charge in [0.25, 0.3) is 0 Å². The van der Waals surface area contributed by atoms with E-state index in [1.54, 1.807) is 36.1 Å². The van der Waals surface area contributed by atoms with Crippen LogP contribution in [0.5, 0.6) is 5.75 Å². The van der Waals surface area contributed by atoms with Crippen LogP contribution in [-0.4, -0.2) is 57.1 Å². The number of benzene rings is 2. The molecule has 0 aliphatic heterocycles. The second kappa shape index (κ2) is 13.6. The van der Waals surface area contributed by atoms with Gasteiger partial charge in [0, 0.05) is 25.6 Å². The molecule has 0 radical (unpaired) electrons. The van der Waals surface area contributed by atoms with Gasteiger partial charge in [-0.05, 0) is 50.8 Å². The van der Waals surface area contributed by atoms with Gasteiger partial charge in [0.2, 0.25) is 21.8 Å². The number of carbonyl (C=O) groups is 2. The quantitative estimate of drug-likeness (QED) is 0.428. The summed E-state index contributed by atoms with van der Waals surface area (Å²) >= 11 is 0. The lowest BCUT2D eigenvalue weighted by Crippen LogP contribution is -2.50. The fourth-order valence-electron chi connectivity index (χ4n) is 4.98. The lowest BCUT2D eigenvalue weighted by Gasteiger charge is -2.31. The molecule has 1 N–H and O–H groups in total. The van der Waals surface area contributed by atoms with Crippen LogP contribution in [0.4, 0.5) is 5.69 Å². The molecule has 0 saturated heterocycles. The topological polar surface area (TPSA) is 96.0 Å². The molecule has 9 heteroatoms. The van der Waals surface area contributed by atoms with E-state index in [0.29, 0.717) is 24.4 Å². The molecule has 2 amide bonds. The highest BCUT2D eigenvalue weighted by Crippen LogP contribution is 2.30. The SMILES string of the molecule is COc1ccccc1N(CCCC(=O)N(Cc1cccc(C)c1)[C@H](C)C(=O)NC1CCCCC1)S(C)(=O)=O. The zero-order chi connectivity index (χ0) is 27.7. The van der Waals surface area contributed by atoms with E-state index in [2.05, 4.69) is 5.32 Å². The first-order valence-electron chi connectivity index (χ1n) is 13.4. The van der Waals surface area contributed by atoms with Crippen LogP contribution < -0.4 is 14.4 Å². The normalized spacial score (nSPS) is 14.9. The van der Waals surface area contributed by atoms with Crippen LogP contribution in [0.3, 0.4) is 0 Å². The third-order valence-electron chi connectivity index (χ3n) is 7.06. The van der Waals surface area contributed by atoms with Gasteiger partial charge in [-0.2, -0.15) is 0 Å². The Morgan fingerprint density at radius 1 is 1.08 bits per heavy atom. The molecule has 0 bridgehead atoms. The van der Waals surface area contributed by atoms with Gasteiger partial charge in [-0.3, -0.25) is 13.9 Å². The molecule has 8 nitrogen and oxygen atoms in total. The summed E-state index contributed by atoms with van der Waals surface area (Å²) in [7, 11) is -2.11. The van der Waals surface area contributed by atoms with E-state index in [-0.39, 0.29) is 30.8 Å². The lowest BCUT2D eigenvalue weighted by molar-refractivity contribution is -0.141. The first-order chi connectivity index (χ1) is 18.1. The Hall–Kier alpha value is -3.07. The number of methoxy groups -OCH3 is 1. The minimum absolute atomic E-state index is 0.105. The van der Waals surface area contributed by atoms with Crippen molar-refractivity contribution in [3.63, 3.8) is 0 Å². The van der Waals surface area contributed by atoms with Crippen LogP contribution in [0.2, 0.25) is 0 Å². The van der Waals surface area contributed by atoms with E-state index in [9.17, 15) is 18.0 Å². The van der Waals surface area contributed by atoms with Gasteiger partial charge in [-0.15, -0.1) is 0 Å². The van der Waals surface area contributed by atoms with Gasteiger partial charge in [0.15, 0.2) is 0 Å². The molecular formula is C29H41N3O5S. The molecule has 1 aliphatic carbocycles. The number of rotatable bonds is 12. The average Bonchev–Trinajstić information content (AvgIpc) is 2.89. The molecule has 38 heavy (non-hydrogen) atoms. The van der Waals surface area contributed by atoms with E-state index in [0.717, 1.165) is 43.1 Å². The summed E-state index contributed by atoms with van der Waals surface area (Å²) in [6, 6.07) is 14.3. The van der Waals surface area contributed by atoms with Crippen molar-refractivity contribution < 1.29 is 22.7 Å². The first-order valence-corrected chi connectivity index (χ1v) is 15.2. The van der Waals surface area contributed by atoms with Crippen LogP contribution in [-0.2, 0) is 26.2 Å². The minimum atomic E-state index is -3.60. The molecule has 1 aliphatic rings. The number of nitrogens with zero attached hydrogens (tertiary/aromatic N) is 2. The molecule has 1 saturated carbocycles. The molecule has 1 fully saturated rings. The maximum atomic E-state index is 13.5. The second-order valence-electron chi connectivity index (χ2n) is 10.1. The highest BCUT2D eigenvalue weighted by Gasteiger charge is 2.28. The highest BCUT2D eigenvalue weighted by molar-refractivity contribution is 7.92. The number of amides is 2. The van der Waals surface area contributed by atoms with Crippen molar-refractivity contribution in [2.45, 2.75) is 77.4 Å². The zero-order valence-electron chi connectivity index (χ0n) is 23.0. The molecule has 0 spiro atoms. The predicted octanol–water partition coefficient (Wildman–Crippen LogP) is 4.42. The van der Waals surface area contributed by atoms with Crippen molar-refractivity contribution in [2.24, 2.45) is 0 Å². The monoisotopic (exact) mass is 543 g/mol. The lowest BCUT2D eigenvalue weighted by atomic mass is 9.95. The minimum Gasteiger partial charge on any atom is -0.495 e. The Morgan fingerprint density at radius 3 is 2.45 bits per heavy atom. The van der Waals surface area contributed by atoms with Crippen molar-refractivity contribution in [1.29, 1.82) is 0 Å². The summed E-state index contributed by atoms with van der Waals surface area (Å²) in [4.78, 5) is 28.3. The number of hydrogen-bond acceptors (Lipinski definition) is 5. The van der Waals surface area contributed by atoms with Crippen LogP contribution >= 0.6 is 0 Å². The van der Waals surface area contributed by atoms with E-state index in [1.807, 2.05) is 31.2 Å². The number of carbonyl (C=O) groups excluding carboxylic acids is 2. The molecule has 0 aromatic heterocycles. The standard InChI is InChI=1S/C29H41N3O5S/c1-22-12-10-13-24(20-22)21-31(23(2)29(34)30-25-14-6-5-7-15-25)28(33)18-11-19-32(38(4,35)36)26-16-8-9-17-27(26)37-3/h8-10,12-13,16-17,20,23,25H,5-7,11,14-15,18-19,21H2,1-4H3,(H,30,34)/t23-/m1/s1. The molecule has 2 aromatic carbocycles. The molecular weight excluding hydrogens is 502 g/mol. The Morgan fingerprint density at radius 2 is 1.79 bits per heavy atom. The van der Waals surface area contributed by atoms with Crippen molar-refractivity contribution in [2.75, 3.05) is 24.2 Å². The Kier molecular flexibility index (Phi) is 10.6. The zero-order valence-corrected chi connectivity index (χ0v) is 23.8. The molecule has 3 rings (SSSR count). The number of aryl methyl sites for hydroxylation is 1. The Balaban J connectivity index is 1.73. The Bertz CT molecular complexity index is 1190. The number of anilines is 1. The predicted molar refractivity (Wildman–Crippen MR) is 151 cm³/mol. The maximum Gasteiger partial charge on any atom is 0.242 e. The van der Waals surface area contributed by atoms with Crippen LogP contribution in [0, 0.1) is 6.92 Å². The maximum absolute atomic E-state index is 13.5.